The number of carbonyl (C=O) groups excluding carboxylic acids is 1. The van der Waals surface area contributed by atoms with E-state index < -0.39 is 17.5 Å². The van der Waals surface area contributed by atoms with Crippen molar-refractivity contribution in [3.05, 3.63) is 23.0 Å². The van der Waals surface area contributed by atoms with E-state index in [0.717, 1.165) is 6.07 Å². The number of benzene rings is 1. The van der Waals surface area contributed by atoms with Crippen molar-refractivity contribution in [1.29, 1.82) is 0 Å². The Morgan fingerprint density at radius 1 is 1.43 bits per heavy atom. The van der Waals surface area contributed by atoms with Gasteiger partial charge in [-0.05, 0) is 45.0 Å². The minimum Gasteiger partial charge on any atom is -0.444 e. The molecule has 0 bridgehead atoms. The van der Waals surface area contributed by atoms with Gasteiger partial charge >= 0.3 is 6.09 Å². The molecule has 9 heteroatoms. The van der Waals surface area contributed by atoms with Crippen molar-refractivity contribution in [3.63, 3.8) is 0 Å². The molecule has 0 saturated heterocycles. The van der Waals surface area contributed by atoms with Crippen LogP contribution in [0.15, 0.2) is 12.1 Å². The maximum Gasteiger partial charge on any atom is 0.412 e. The minimum atomic E-state index is -0.692. The fraction of sp³-hybridized carbons (Fsp3) is 0.429. The largest absolute Gasteiger partial charge is 0.444 e. The molecule has 0 unspecified atom stereocenters. The first-order valence-electron chi connectivity index (χ1n) is 6.97. The quantitative estimate of drug-likeness (QED) is 0.923. The number of anilines is 1. The van der Waals surface area contributed by atoms with Crippen molar-refractivity contribution in [2.24, 2.45) is 0 Å². The minimum absolute atomic E-state index is 0.0417. The summed E-state index contributed by atoms with van der Waals surface area (Å²) < 4.78 is 19.2. The third kappa shape index (κ3) is 4.38. The average molecular weight is 342 g/mol. The van der Waals surface area contributed by atoms with Crippen LogP contribution in [0.1, 0.15) is 27.7 Å². The Balaban J connectivity index is 2.31. The van der Waals surface area contributed by atoms with Crippen LogP contribution in [0.4, 0.5) is 14.9 Å². The predicted octanol–water partition coefficient (Wildman–Crippen LogP) is 3.50. The second kappa shape index (κ2) is 6.49. The van der Waals surface area contributed by atoms with Gasteiger partial charge in [0, 0.05) is 0 Å². The summed E-state index contributed by atoms with van der Waals surface area (Å²) in [6.45, 7) is 7.54. The Labute approximate surface area is 137 Å². The maximum absolute atomic E-state index is 14.1. The third-order valence-electron chi connectivity index (χ3n) is 2.67. The van der Waals surface area contributed by atoms with E-state index in [-0.39, 0.29) is 22.1 Å². The molecule has 124 valence electrons. The van der Waals surface area contributed by atoms with Gasteiger partial charge in [-0.3, -0.25) is 5.32 Å². The van der Waals surface area contributed by atoms with Gasteiger partial charge in [-0.1, -0.05) is 11.6 Å². The van der Waals surface area contributed by atoms with Crippen LogP contribution in [0.3, 0.4) is 0 Å². The molecule has 1 aromatic carbocycles. The number of hydrogen-bond acceptors (Lipinski definition) is 5. The molecule has 2 rings (SSSR count). The topological polar surface area (TPSA) is 81.9 Å². The van der Waals surface area contributed by atoms with E-state index in [1.165, 1.54) is 10.9 Å². The fourth-order valence-corrected chi connectivity index (χ4v) is 1.91. The number of aromatic nitrogens is 4. The van der Waals surface area contributed by atoms with Crippen molar-refractivity contribution < 1.29 is 13.9 Å². The number of nitrogens with one attached hydrogen (secondary N) is 1. The van der Waals surface area contributed by atoms with Crippen LogP contribution in [0.5, 0.6) is 0 Å². The number of hydrogen-bond donors (Lipinski definition) is 1. The predicted molar refractivity (Wildman–Crippen MR) is 83.8 cm³/mol. The molecule has 0 saturated carbocycles. The molecule has 1 heterocycles. The van der Waals surface area contributed by atoms with Gasteiger partial charge in [-0.2, -0.15) is 4.80 Å². The molecule has 0 aliphatic carbocycles. The summed E-state index contributed by atoms with van der Waals surface area (Å²) in [5.41, 5.74) is -0.379. The summed E-state index contributed by atoms with van der Waals surface area (Å²) in [4.78, 5) is 13.2. The maximum atomic E-state index is 14.1. The van der Waals surface area contributed by atoms with Crippen LogP contribution in [0, 0.1) is 5.82 Å². The van der Waals surface area contributed by atoms with Gasteiger partial charge in [0.2, 0.25) is 5.82 Å². The Kier molecular flexibility index (Phi) is 4.84. The van der Waals surface area contributed by atoms with E-state index in [1.54, 1.807) is 20.8 Å². The Morgan fingerprint density at radius 3 is 2.70 bits per heavy atom. The molecule has 1 aromatic heterocycles. The number of ether oxygens (including phenoxy) is 1. The number of carbonyl (C=O) groups is 1. The summed E-state index contributed by atoms with van der Waals surface area (Å²) in [5.74, 6) is -0.506. The van der Waals surface area contributed by atoms with Crippen LogP contribution in [0.2, 0.25) is 5.02 Å². The molecule has 7 nitrogen and oxygen atoms in total. The van der Waals surface area contributed by atoms with Crippen LogP contribution in [-0.4, -0.2) is 31.9 Å². The van der Waals surface area contributed by atoms with Gasteiger partial charge in [-0.15, -0.1) is 10.2 Å². The van der Waals surface area contributed by atoms with Crippen molar-refractivity contribution in [2.45, 2.75) is 39.8 Å². The molecule has 0 spiro atoms. The number of aryl methyl sites for hydroxylation is 1. The van der Waals surface area contributed by atoms with Gasteiger partial charge < -0.3 is 4.74 Å². The van der Waals surface area contributed by atoms with Crippen LogP contribution >= 0.6 is 11.6 Å². The fourth-order valence-electron chi connectivity index (χ4n) is 1.71. The third-order valence-corrected chi connectivity index (χ3v) is 2.98. The van der Waals surface area contributed by atoms with E-state index in [4.69, 9.17) is 16.3 Å². The zero-order valence-electron chi connectivity index (χ0n) is 13.2. The molecular weight excluding hydrogens is 325 g/mol. The van der Waals surface area contributed by atoms with E-state index >= 15 is 0 Å². The SMILES string of the molecule is CCn1nnc(-c2cc(NC(=O)OC(C)(C)C)c(Cl)cc2F)n1. The van der Waals surface area contributed by atoms with Gasteiger partial charge in [0.1, 0.15) is 11.4 Å². The monoisotopic (exact) mass is 341 g/mol. The zero-order chi connectivity index (χ0) is 17.2. The lowest BCUT2D eigenvalue weighted by atomic mass is 10.1. The van der Waals surface area contributed by atoms with Crippen LogP contribution in [-0.2, 0) is 11.3 Å². The first-order chi connectivity index (χ1) is 10.7. The average Bonchev–Trinajstić information content (AvgIpc) is 2.88. The highest BCUT2D eigenvalue weighted by molar-refractivity contribution is 6.33. The van der Waals surface area contributed by atoms with Gasteiger partial charge in [-0.25, -0.2) is 9.18 Å². The van der Waals surface area contributed by atoms with E-state index in [9.17, 15) is 9.18 Å². The number of amides is 1. The summed E-state index contributed by atoms with van der Waals surface area (Å²) >= 11 is 5.96. The van der Waals surface area contributed by atoms with Gasteiger partial charge in [0.25, 0.3) is 0 Å². The molecule has 0 aliphatic rings. The summed E-state index contributed by atoms with van der Waals surface area (Å²) in [5, 5.41) is 14.1. The second-order valence-corrected chi connectivity index (χ2v) is 6.15. The molecule has 2 aromatic rings. The first-order valence-corrected chi connectivity index (χ1v) is 7.34. The molecule has 0 fully saturated rings. The summed E-state index contributed by atoms with van der Waals surface area (Å²) in [6, 6.07) is 2.43. The molecule has 0 radical (unpaired) electrons. The number of tetrazole rings is 1. The molecule has 0 atom stereocenters. The number of nitrogens with zero attached hydrogens (tertiary/aromatic N) is 4. The van der Waals surface area contributed by atoms with Crippen LogP contribution in [0.25, 0.3) is 11.4 Å². The van der Waals surface area contributed by atoms with E-state index in [1.807, 2.05) is 6.92 Å². The lowest BCUT2D eigenvalue weighted by molar-refractivity contribution is 0.0636. The first kappa shape index (κ1) is 17.1. The van der Waals surface area contributed by atoms with Gasteiger partial charge in [0.15, 0.2) is 0 Å². The smallest absolute Gasteiger partial charge is 0.412 e. The lowest BCUT2D eigenvalue weighted by Gasteiger charge is -2.20. The molecule has 1 N–H and O–H groups in total. The Hall–Kier alpha value is -2.22. The number of rotatable bonds is 3. The van der Waals surface area contributed by atoms with E-state index in [2.05, 4.69) is 20.7 Å². The molecule has 23 heavy (non-hydrogen) atoms. The van der Waals surface area contributed by atoms with Crippen molar-refractivity contribution in [1.82, 2.24) is 20.2 Å². The van der Waals surface area contributed by atoms with Crippen molar-refractivity contribution in [2.75, 3.05) is 5.32 Å². The van der Waals surface area contributed by atoms with Crippen LogP contribution < -0.4 is 5.32 Å². The zero-order valence-corrected chi connectivity index (χ0v) is 14.0. The highest BCUT2D eigenvalue weighted by Crippen LogP contribution is 2.30. The van der Waals surface area contributed by atoms with Crippen molar-refractivity contribution in [3.8, 4) is 11.4 Å². The standard InChI is InChI=1S/C14H17ClFN5O2/c1-5-21-19-12(18-20-21)8-6-11(9(15)7-10(8)16)17-13(22)23-14(2,3)4/h6-7H,5H2,1-4H3,(H,17,22). The summed E-state index contributed by atoms with van der Waals surface area (Å²) in [7, 11) is 0. The van der Waals surface area contributed by atoms with Gasteiger partial charge in [0.05, 0.1) is 22.8 Å². The summed E-state index contributed by atoms with van der Waals surface area (Å²) in [6.07, 6.45) is -0.692. The lowest BCUT2D eigenvalue weighted by Crippen LogP contribution is -2.27. The second-order valence-electron chi connectivity index (χ2n) is 5.74. The van der Waals surface area contributed by atoms with Crippen molar-refractivity contribution >= 4 is 23.4 Å². The number of halogens is 2. The molecular formula is C14H17ClFN5O2. The highest BCUT2D eigenvalue weighted by Gasteiger charge is 2.19. The Bertz CT molecular complexity index is 726. The molecule has 1 amide bonds. The Morgan fingerprint density at radius 2 is 2.13 bits per heavy atom. The highest BCUT2D eigenvalue weighted by atomic mass is 35.5. The normalized spacial score (nSPS) is 11.4. The van der Waals surface area contributed by atoms with E-state index in [0.29, 0.717) is 6.54 Å². The molecule has 0 aliphatic heterocycles.